The zero-order valence-electron chi connectivity index (χ0n) is 16.4. The summed E-state index contributed by atoms with van der Waals surface area (Å²) in [6, 6.07) is 7.15. The summed E-state index contributed by atoms with van der Waals surface area (Å²) in [7, 11) is 0. The Labute approximate surface area is 169 Å². The molecule has 3 saturated heterocycles. The van der Waals surface area contributed by atoms with Gasteiger partial charge in [-0.05, 0) is 31.0 Å². The van der Waals surface area contributed by atoms with Crippen LogP contribution in [-0.2, 0) is 16.1 Å². The first-order valence-electron chi connectivity index (χ1n) is 9.97. The second kappa shape index (κ2) is 7.89. The Hall–Kier alpha value is -1.63. The first-order chi connectivity index (χ1) is 13.8. The summed E-state index contributed by atoms with van der Waals surface area (Å²) in [5.41, 5.74) is 11.5. The molecule has 10 heteroatoms. The smallest absolute Gasteiger partial charge is 0.256 e. The molecule has 10 nitrogen and oxygen atoms in total. The Bertz CT molecular complexity index is 762. The molecule has 0 bridgehead atoms. The standard InChI is InChI=1S/C19H30N6O4/c1-19(28)13(26)18(25-6-5-12-15(21)22-9-23-16(12)25)29-14(19)17(27)24-11-4-2-3-10(7-11)8-20/h2-4,7,12-16,18,22-23,26,28H,5-6,8-9,20-21H2,1H3,(H,24,27)/t12?,13-,14+,15?,16?,18+,19-/m0/s1. The predicted molar refractivity (Wildman–Crippen MR) is 106 cm³/mol. The van der Waals surface area contributed by atoms with Gasteiger partial charge < -0.3 is 31.7 Å². The van der Waals surface area contributed by atoms with Crippen LogP contribution >= 0.6 is 0 Å². The van der Waals surface area contributed by atoms with Crippen molar-refractivity contribution in [3.05, 3.63) is 29.8 Å². The van der Waals surface area contributed by atoms with Gasteiger partial charge in [-0.1, -0.05) is 12.1 Å². The van der Waals surface area contributed by atoms with E-state index in [2.05, 4.69) is 16.0 Å². The lowest BCUT2D eigenvalue weighted by molar-refractivity contribution is -0.142. The maximum atomic E-state index is 12.9. The van der Waals surface area contributed by atoms with Crippen molar-refractivity contribution in [1.82, 2.24) is 15.5 Å². The van der Waals surface area contributed by atoms with Gasteiger partial charge in [0.2, 0.25) is 0 Å². The van der Waals surface area contributed by atoms with E-state index in [-0.39, 0.29) is 18.2 Å². The Morgan fingerprint density at radius 2 is 2.24 bits per heavy atom. The van der Waals surface area contributed by atoms with E-state index in [1.54, 1.807) is 18.2 Å². The monoisotopic (exact) mass is 406 g/mol. The Balaban J connectivity index is 1.50. The number of anilines is 1. The van der Waals surface area contributed by atoms with Crippen LogP contribution in [0.25, 0.3) is 0 Å². The normalized spacial score (nSPS) is 40.0. The summed E-state index contributed by atoms with van der Waals surface area (Å²) >= 11 is 0. The van der Waals surface area contributed by atoms with Gasteiger partial charge in [0.1, 0.15) is 17.9 Å². The van der Waals surface area contributed by atoms with Gasteiger partial charge in [0.25, 0.3) is 5.91 Å². The SMILES string of the molecule is C[C@@]1(O)[C@@H](C(=O)Nc2cccc(CN)c2)O[C@@H](N2CCC3C(N)NCNC32)[C@@H]1O. The Morgan fingerprint density at radius 3 is 3.00 bits per heavy atom. The number of carbonyl (C=O) groups is 1. The van der Waals surface area contributed by atoms with E-state index >= 15 is 0 Å². The highest BCUT2D eigenvalue weighted by molar-refractivity contribution is 5.95. The van der Waals surface area contributed by atoms with Crippen LogP contribution in [0.15, 0.2) is 24.3 Å². The zero-order valence-corrected chi connectivity index (χ0v) is 16.4. The van der Waals surface area contributed by atoms with Gasteiger partial charge in [-0.3, -0.25) is 20.3 Å². The predicted octanol–water partition coefficient (Wildman–Crippen LogP) is -2.00. The van der Waals surface area contributed by atoms with Crippen LogP contribution < -0.4 is 27.4 Å². The molecule has 3 fully saturated rings. The molecule has 3 aliphatic heterocycles. The summed E-state index contributed by atoms with van der Waals surface area (Å²) in [5.74, 6) is -0.368. The first kappa shape index (κ1) is 20.6. The van der Waals surface area contributed by atoms with E-state index < -0.39 is 29.9 Å². The van der Waals surface area contributed by atoms with Gasteiger partial charge >= 0.3 is 0 Å². The lowest BCUT2D eigenvalue weighted by atomic mass is 9.93. The van der Waals surface area contributed by atoms with Gasteiger partial charge in [0.05, 0.1) is 12.3 Å². The molecule has 0 spiro atoms. The maximum Gasteiger partial charge on any atom is 0.256 e. The van der Waals surface area contributed by atoms with Crippen LogP contribution in [-0.4, -0.2) is 70.6 Å². The van der Waals surface area contributed by atoms with Crippen molar-refractivity contribution >= 4 is 11.6 Å². The Kier molecular flexibility index (Phi) is 5.62. The fourth-order valence-electron chi connectivity index (χ4n) is 4.57. The molecule has 3 unspecified atom stereocenters. The van der Waals surface area contributed by atoms with Gasteiger partial charge in [-0.25, -0.2) is 0 Å². The molecule has 3 aliphatic rings. The lowest BCUT2D eigenvalue weighted by Crippen LogP contribution is -2.64. The van der Waals surface area contributed by atoms with Crippen LogP contribution in [0.5, 0.6) is 0 Å². The van der Waals surface area contributed by atoms with Crippen LogP contribution in [0.2, 0.25) is 0 Å². The fraction of sp³-hybridized carbons (Fsp3) is 0.632. The lowest BCUT2D eigenvalue weighted by Gasteiger charge is -2.39. The molecule has 0 aromatic heterocycles. The van der Waals surface area contributed by atoms with Crippen molar-refractivity contribution in [1.29, 1.82) is 0 Å². The molecule has 0 aliphatic carbocycles. The van der Waals surface area contributed by atoms with Crippen LogP contribution in [0.3, 0.4) is 0 Å². The third-order valence-electron chi connectivity index (χ3n) is 6.26. The molecule has 0 saturated carbocycles. The molecule has 7 atom stereocenters. The minimum absolute atomic E-state index is 0.0928. The number of likely N-dealkylation sites (tertiary alicyclic amines) is 1. The van der Waals surface area contributed by atoms with Crippen LogP contribution in [0, 0.1) is 5.92 Å². The van der Waals surface area contributed by atoms with E-state index in [9.17, 15) is 15.0 Å². The van der Waals surface area contributed by atoms with Gasteiger partial charge in [-0.2, -0.15) is 0 Å². The highest BCUT2D eigenvalue weighted by Gasteiger charge is 2.59. The third-order valence-corrected chi connectivity index (χ3v) is 6.26. The van der Waals surface area contributed by atoms with Gasteiger partial charge in [0, 0.05) is 31.4 Å². The largest absolute Gasteiger partial charge is 0.386 e. The van der Waals surface area contributed by atoms with Crippen molar-refractivity contribution in [3.8, 4) is 0 Å². The topological polar surface area (TPSA) is 158 Å². The molecule has 160 valence electrons. The number of ether oxygens (including phenoxy) is 1. The van der Waals surface area contributed by atoms with Crippen LogP contribution in [0.4, 0.5) is 5.69 Å². The van der Waals surface area contributed by atoms with E-state index in [0.29, 0.717) is 25.4 Å². The molecule has 1 aromatic rings. The minimum atomic E-state index is -1.74. The van der Waals surface area contributed by atoms with Crippen molar-refractivity contribution in [2.75, 3.05) is 18.5 Å². The zero-order chi connectivity index (χ0) is 20.8. The number of nitrogens with one attached hydrogen (secondary N) is 3. The van der Waals surface area contributed by atoms with Crippen molar-refractivity contribution in [2.24, 2.45) is 17.4 Å². The molecule has 3 heterocycles. The van der Waals surface area contributed by atoms with E-state index in [0.717, 1.165) is 12.0 Å². The number of aliphatic hydroxyl groups is 2. The summed E-state index contributed by atoms with van der Waals surface area (Å²) in [5, 5.41) is 31.0. The third kappa shape index (κ3) is 3.66. The van der Waals surface area contributed by atoms with E-state index in [4.69, 9.17) is 16.2 Å². The maximum absolute atomic E-state index is 12.9. The number of benzene rings is 1. The molecule has 9 N–H and O–H groups in total. The number of carbonyl (C=O) groups excluding carboxylic acids is 1. The fourth-order valence-corrected chi connectivity index (χ4v) is 4.57. The average Bonchev–Trinajstić information content (AvgIpc) is 3.22. The molecule has 4 rings (SSSR count). The molecule has 0 radical (unpaired) electrons. The highest BCUT2D eigenvalue weighted by atomic mass is 16.6. The highest BCUT2D eigenvalue weighted by Crippen LogP contribution is 2.38. The number of hydrogen-bond acceptors (Lipinski definition) is 9. The number of nitrogens with zero attached hydrogens (tertiary/aromatic N) is 1. The average molecular weight is 406 g/mol. The number of amides is 1. The number of rotatable bonds is 4. The van der Waals surface area contributed by atoms with E-state index in [1.807, 2.05) is 11.0 Å². The van der Waals surface area contributed by atoms with Crippen LogP contribution in [0.1, 0.15) is 18.9 Å². The number of fused-ring (bicyclic) bond motifs is 1. The molecule has 1 aromatic carbocycles. The van der Waals surface area contributed by atoms with Crippen molar-refractivity contribution in [2.45, 2.75) is 56.3 Å². The first-order valence-corrected chi connectivity index (χ1v) is 9.97. The number of nitrogens with two attached hydrogens (primary N) is 2. The van der Waals surface area contributed by atoms with Gasteiger partial charge in [-0.15, -0.1) is 0 Å². The van der Waals surface area contributed by atoms with Crippen molar-refractivity contribution < 1.29 is 19.7 Å². The summed E-state index contributed by atoms with van der Waals surface area (Å²) in [6.45, 7) is 2.96. The molecule has 29 heavy (non-hydrogen) atoms. The Morgan fingerprint density at radius 1 is 1.45 bits per heavy atom. The van der Waals surface area contributed by atoms with E-state index in [1.165, 1.54) is 6.92 Å². The number of hydrogen-bond donors (Lipinski definition) is 7. The summed E-state index contributed by atoms with van der Waals surface area (Å²) < 4.78 is 5.94. The number of aliphatic hydroxyl groups excluding tert-OH is 1. The molecule has 1 amide bonds. The second-order valence-corrected chi connectivity index (χ2v) is 8.22. The minimum Gasteiger partial charge on any atom is -0.386 e. The second-order valence-electron chi connectivity index (χ2n) is 8.22. The van der Waals surface area contributed by atoms with Gasteiger partial charge in [0.15, 0.2) is 6.10 Å². The quantitative estimate of drug-likeness (QED) is 0.300. The molecular formula is C19H30N6O4. The molecular weight excluding hydrogens is 376 g/mol. The summed E-state index contributed by atoms with van der Waals surface area (Å²) in [6.07, 6.45) is -2.71. The van der Waals surface area contributed by atoms with Crippen molar-refractivity contribution in [3.63, 3.8) is 0 Å². The summed E-state index contributed by atoms with van der Waals surface area (Å²) in [4.78, 5) is 14.8.